The highest BCUT2D eigenvalue weighted by atomic mass is 79.9. The smallest absolute Gasteiger partial charge is 0.133 e. The Kier molecular flexibility index (Phi) is 5.46. The third-order valence-corrected chi connectivity index (χ3v) is 3.87. The SMILES string of the molecule is CCNCc1ccc(Br)cc1Oc1ccc(Cl)c(C)c1. The molecule has 0 aliphatic rings. The zero-order valence-electron chi connectivity index (χ0n) is 11.5. The van der Waals surface area contributed by atoms with E-state index in [0.717, 1.165) is 45.2 Å². The van der Waals surface area contributed by atoms with Crippen LogP contribution in [-0.4, -0.2) is 6.54 Å². The Morgan fingerprint density at radius 3 is 2.70 bits per heavy atom. The highest BCUT2D eigenvalue weighted by Crippen LogP contribution is 2.30. The summed E-state index contributed by atoms with van der Waals surface area (Å²) in [7, 11) is 0. The summed E-state index contributed by atoms with van der Waals surface area (Å²) < 4.78 is 6.99. The molecule has 0 radical (unpaired) electrons. The number of benzene rings is 2. The van der Waals surface area contributed by atoms with Crippen molar-refractivity contribution in [3.05, 3.63) is 57.0 Å². The van der Waals surface area contributed by atoms with Gasteiger partial charge in [-0.3, -0.25) is 0 Å². The van der Waals surface area contributed by atoms with Gasteiger partial charge in [0.1, 0.15) is 11.5 Å². The van der Waals surface area contributed by atoms with Crippen LogP contribution >= 0.6 is 27.5 Å². The van der Waals surface area contributed by atoms with Crippen LogP contribution in [0.15, 0.2) is 40.9 Å². The lowest BCUT2D eigenvalue weighted by Gasteiger charge is -2.13. The molecule has 0 unspecified atom stereocenters. The molecule has 0 bridgehead atoms. The van der Waals surface area contributed by atoms with Gasteiger partial charge in [-0.1, -0.05) is 40.5 Å². The molecule has 0 aliphatic carbocycles. The van der Waals surface area contributed by atoms with E-state index < -0.39 is 0 Å². The number of ether oxygens (including phenoxy) is 1. The molecule has 2 nitrogen and oxygen atoms in total. The highest BCUT2D eigenvalue weighted by molar-refractivity contribution is 9.10. The maximum absolute atomic E-state index is 6.04. The van der Waals surface area contributed by atoms with Gasteiger partial charge in [-0.2, -0.15) is 0 Å². The zero-order chi connectivity index (χ0) is 14.5. The molecule has 2 rings (SSSR count). The molecule has 1 N–H and O–H groups in total. The molecule has 0 saturated carbocycles. The number of rotatable bonds is 5. The van der Waals surface area contributed by atoms with Crippen LogP contribution in [0.4, 0.5) is 0 Å². The Bertz CT molecular complexity index is 601. The van der Waals surface area contributed by atoms with Crippen LogP contribution < -0.4 is 10.1 Å². The molecule has 0 aromatic heterocycles. The number of hydrogen-bond acceptors (Lipinski definition) is 2. The van der Waals surface area contributed by atoms with E-state index in [9.17, 15) is 0 Å². The van der Waals surface area contributed by atoms with Crippen LogP contribution in [0.3, 0.4) is 0 Å². The normalized spacial score (nSPS) is 10.6. The van der Waals surface area contributed by atoms with Crippen molar-refractivity contribution in [2.24, 2.45) is 0 Å². The fourth-order valence-electron chi connectivity index (χ4n) is 1.84. The van der Waals surface area contributed by atoms with Crippen molar-refractivity contribution in [1.29, 1.82) is 0 Å². The van der Waals surface area contributed by atoms with E-state index in [1.807, 2.05) is 37.3 Å². The van der Waals surface area contributed by atoms with Crippen molar-refractivity contribution in [3.63, 3.8) is 0 Å². The molecular weight excluding hydrogens is 338 g/mol. The first-order valence-electron chi connectivity index (χ1n) is 6.53. The summed E-state index contributed by atoms with van der Waals surface area (Å²) in [6.45, 7) is 5.76. The van der Waals surface area contributed by atoms with Gasteiger partial charge in [0.05, 0.1) is 0 Å². The van der Waals surface area contributed by atoms with Crippen molar-refractivity contribution >= 4 is 27.5 Å². The lowest BCUT2D eigenvalue weighted by atomic mass is 10.2. The molecule has 2 aromatic carbocycles. The average Bonchev–Trinajstić information content (AvgIpc) is 2.42. The quantitative estimate of drug-likeness (QED) is 0.785. The van der Waals surface area contributed by atoms with Crippen molar-refractivity contribution in [2.45, 2.75) is 20.4 Å². The molecule has 0 aliphatic heterocycles. The summed E-state index contributed by atoms with van der Waals surface area (Å²) >= 11 is 9.52. The second-order valence-corrected chi connectivity index (χ2v) is 5.87. The minimum atomic E-state index is 0.750. The first-order chi connectivity index (χ1) is 9.60. The number of aryl methyl sites for hydroxylation is 1. The Labute approximate surface area is 133 Å². The molecule has 0 heterocycles. The minimum Gasteiger partial charge on any atom is -0.457 e. The monoisotopic (exact) mass is 353 g/mol. The number of nitrogens with one attached hydrogen (secondary N) is 1. The lowest BCUT2D eigenvalue weighted by molar-refractivity contribution is 0.472. The van der Waals surface area contributed by atoms with Gasteiger partial charge in [0.15, 0.2) is 0 Å². The predicted octanol–water partition coefficient (Wildman–Crippen LogP) is 5.31. The van der Waals surface area contributed by atoms with E-state index in [-0.39, 0.29) is 0 Å². The summed E-state index contributed by atoms with van der Waals surface area (Å²) in [6.07, 6.45) is 0. The molecule has 0 spiro atoms. The fourth-order valence-corrected chi connectivity index (χ4v) is 2.29. The molecule has 4 heteroatoms. The van der Waals surface area contributed by atoms with Crippen molar-refractivity contribution in [1.82, 2.24) is 5.32 Å². The maximum Gasteiger partial charge on any atom is 0.133 e. The zero-order valence-corrected chi connectivity index (χ0v) is 13.9. The second-order valence-electron chi connectivity index (χ2n) is 4.55. The van der Waals surface area contributed by atoms with E-state index in [2.05, 4.69) is 34.2 Å². The van der Waals surface area contributed by atoms with E-state index in [1.165, 1.54) is 0 Å². The first kappa shape index (κ1) is 15.4. The first-order valence-corrected chi connectivity index (χ1v) is 7.70. The van der Waals surface area contributed by atoms with E-state index in [0.29, 0.717) is 0 Å². The van der Waals surface area contributed by atoms with Gasteiger partial charge in [-0.05, 0) is 49.4 Å². The Balaban J connectivity index is 2.26. The standard InChI is InChI=1S/C16H17BrClNO/c1-3-19-10-12-4-5-13(17)9-16(12)20-14-6-7-15(18)11(2)8-14/h4-9,19H,3,10H2,1-2H3. The van der Waals surface area contributed by atoms with Crippen LogP contribution in [0.2, 0.25) is 5.02 Å². The summed E-state index contributed by atoms with van der Waals surface area (Å²) in [4.78, 5) is 0. The van der Waals surface area contributed by atoms with Crippen molar-refractivity contribution in [2.75, 3.05) is 6.54 Å². The summed E-state index contributed by atoms with van der Waals surface area (Å²) in [5, 5.41) is 4.06. The van der Waals surface area contributed by atoms with Gasteiger partial charge in [-0.25, -0.2) is 0 Å². The van der Waals surface area contributed by atoms with Crippen molar-refractivity contribution < 1.29 is 4.74 Å². The van der Waals surface area contributed by atoms with Gasteiger partial charge < -0.3 is 10.1 Å². The second kappa shape index (κ2) is 7.11. The van der Waals surface area contributed by atoms with Crippen LogP contribution in [0.5, 0.6) is 11.5 Å². The number of halogens is 2. The van der Waals surface area contributed by atoms with Crippen LogP contribution in [-0.2, 0) is 6.54 Å². The van der Waals surface area contributed by atoms with Gasteiger partial charge in [0, 0.05) is 21.6 Å². The van der Waals surface area contributed by atoms with Gasteiger partial charge >= 0.3 is 0 Å². The third kappa shape index (κ3) is 3.98. The molecule has 106 valence electrons. The van der Waals surface area contributed by atoms with Crippen molar-refractivity contribution in [3.8, 4) is 11.5 Å². The van der Waals surface area contributed by atoms with E-state index in [1.54, 1.807) is 0 Å². The third-order valence-electron chi connectivity index (χ3n) is 2.95. The Morgan fingerprint density at radius 1 is 1.20 bits per heavy atom. The Morgan fingerprint density at radius 2 is 2.00 bits per heavy atom. The summed E-state index contributed by atoms with van der Waals surface area (Å²) in [5.74, 6) is 1.64. The summed E-state index contributed by atoms with van der Waals surface area (Å²) in [5.41, 5.74) is 2.13. The van der Waals surface area contributed by atoms with E-state index >= 15 is 0 Å². The highest BCUT2D eigenvalue weighted by Gasteiger charge is 2.07. The van der Waals surface area contributed by atoms with Gasteiger partial charge in [-0.15, -0.1) is 0 Å². The molecule has 0 atom stereocenters. The van der Waals surface area contributed by atoms with Gasteiger partial charge in [0.25, 0.3) is 0 Å². The van der Waals surface area contributed by atoms with Crippen LogP contribution in [0, 0.1) is 6.92 Å². The maximum atomic E-state index is 6.04. The minimum absolute atomic E-state index is 0.750. The Hall–Kier alpha value is -1.03. The lowest BCUT2D eigenvalue weighted by Crippen LogP contribution is -2.12. The van der Waals surface area contributed by atoms with Gasteiger partial charge in [0.2, 0.25) is 0 Å². The molecule has 0 saturated heterocycles. The number of hydrogen-bond donors (Lipinski definition) is 1. The topological polar surface area (TPSA) is 21.3 Å². The molecule has 2 aromatic rings. The molecule has 0 fully saturated rings. The molecule has 20 heavy (non-hydrogen) atoms. The largest absolute Gasteiger partial charge is 0.457 e. The van der Waals surface area contributed by atoms with Crippen LogP contribution in [0.25, 0.3) is 0 Å². The van der Waals surface area contributed by atoms with Crippen LogP contribution in [0.1, 0.15) is 18.1 Å². The molecular formula is C16H17BrClNO. The average molecular weight is 355 g/mol. The summed E-state index contributed by atoms with van der Waals surface area (Å²) in [6, 6.07) is 11.7. The molecule has 0 amide bonds. The fraction of sp³-hybridized carbons (Fsp3) is 0.250. The predicted molar refractivity (Wildman–Crippen MR) is 87.8 cm³/mol. The van der Waals surface area contributed by atoms with E-state index in [4.69, 9.17) is 16.3 Å².